The van der Waals surface area contributed by atoms with Crippen molar-refractivity contribution < 1.29 is 18.7 Å². The summed E-state index contributed by atoms with van der Waals surface area (Å²) in [6.45, 7) is 0. The van der Waals surface area contributed by atoms with Crippen molar-refractivity contribution in [2.24, 2.45) is 10.2 Å². The highest BCUT2D eigenvalue weighted by Gasteiger charge is 2.30. The van der Waals surface area contributed by atoms with E-state index >= 15 is 0 Å². The van der Waals surface area contributed by atoms with Crippen LogP contribution in [0.4, 0.5) is 10.1 Å². The van der Waals surface area contributed by atoms with E-state index in [-0.39, 0.29) is 11.7 Å². The summed E-state index contributed by atoms with van der Waals surface area (Å²) in [5.41, 5.74) is 1.25. The molecular formula is C23H15ClFN3O3S. The molecule has 0 aromatic heterocycles. The van der Waals surface area contributed by atoms with Crippen LogP contribution in [0, 0.1) is 5.82 Å². The molecule has 3 aromatic carbocycles. The second-order valence-corrected chi connectivity index (χ2v) is 7.94. The molecule has 1 amide bonds. The third kappa shape index (κ3) is 5.04. The Labute approximate surface area is 192 Å². The van der Waals surface area contributed by atoms with Crippen LogP contribution in [0.3, 0.4) is 0 Å². The molecule has 1 heterocycles. The highest BCUT2D eigenvalue weighted by atomic mass is 35.5. The molecule has 4 rings (SSSR count). The predicted molar refractivity (Wildman–Crippen MR) is 124 cm³/mol. The normalized spacial score (nSPS) is 15.0. The molecule has 1 fully saturated rings. The van der Waals surface area contributed by atoms with Crippen molar-refractivity contribution in [1.29, 1.82) is 0 Å². The van der Waals surface area contributed by atoms with E-state index < -0.39 is 11.8 Å². The smallest absolute Gasteiger partial charge is 0.343 e. The Morgan fingerprint density at radius 1 is 1.09 bits per heavy atom. The third-order valence-corrected chi connectivity index (χ3v) is 5.54. The molecule has 1 aliphatic rings. The first-order valence-electron chi connectivity index (χ1n) is 9.40. The van der Waals surface area contributed by atoms with Crippen molar-refractivity contribution in [3.05, 3.63) is 94.8 Å². The Hall–Kier alpha value is -3.49. The fourth-order valence-corrected chi connectivity index (χ4v) is 3.82. The number of hydrogen-bond donors (Lipinski definition) is 0. The molecule has 0 saturated carbocycles. The quantitative estimate of drug-likeness (QED) is 0.225. The first-order valence-corrected chi connectivity index (χ1v) is 10.8. The number of para-hydroxylation sites is 1. The van der Waals surface area contributed by atoms with Crippen molar-refractivity contribution in [3.63, 3.8) is 0 Å². The van der Waals surface area contributed by atoms with E-state index in [2.05, 4.69) is 10.2 Å². The predicted octanol–water partition coefficient (Wildman–Crippen LogP) is 5.17. The maximum absolute atomic E-state index is 13.6. The van der Waals surface area contributed by atoms with Crippen LogP contribution in [0.15, 0.2) is 83.0 Å². The number of amidine groups is 1. The molecular weight excluding hydrogens is 453 g/mol. The van der Waals surface area contributed by atoms with E-state index in [1.165, 1.54) is 41.1 Å². The molecule has 1 saturated heterocycles. The molecule has 3 aromatic rings. The summed E-state index contributed by atoms with van der Waals surface area (Å²) in [6.07, 6.45) is 1.42. The minimum absolute atomic E-state index is 0.181. The fraction of sp³-hybridized carbons (Fsp3) is 0.0435. The molecule has 0 bridgehead atoms. The van der Waals surface area contributed by atoms with E-state index in [1.807, 2.05) is 0 Å². The summed E-state index contributed by atoms with van der Waals surface area (Å²) in [4.78, 5) is 26.0. The van der Waals surface area contributed by atoms with Gasteiger partial charge < -0.3 is 4.74 Å². The molecule has 0 unspecified atom stereocenters. The lowest BCUT2D eigenvalue weighted by atomic mass is 10.2. The minimum Gasteiger partial charge on any atom is -0.422 e. The van der Waals surface area contributed by atoms with Crippen molar-refractivity contribution in [2.45, 2.75) is 0 Å². The number of esters is 1. The highest BCUT2D eigenvalue weighted by Crippen LogP contribution is 2.27. The SMILES string of the molecule is O=C(Oc1ccccc1/C=N\N=C1\SCC(=O)N1c1cccc(F)c1)c1ccc(Cl)cc1. The molecule has 0 radical (unpaired) electrons. The average molecular weight is 468 g/mol. The zero-order chi connectivity index (χ0) is 22.5. The van der Waals surface area contributed by atoms with Crippen LogP contribution >= 0.6 is 23.4 Å². The van der Waals surface area contributed by atoms with Gasteiger partial charge in [0, 0.05) is 10.6 Å². The average Bonchev–Trinajstić information content (AvgIpc) is 3.15. The van der Waals surface area contributed by atoms with Crippen LogP contribution in [-0.4, -0.2) is 29.0 Å². The summed E-state index contributed by atoms with van der Waals surface area (Å²) in [5, 5.41) is 9.02. The molecule has 0 atom stereocenters. The van der Waals surface area contributed by atoms with E-state index in [0.29, 0.717) is 32.8 Å². The van der Waals surface area contributed by atoms with Crippen molar-refractivity contribution in [1.82, 2.24) is 0 Å². The van der Waals surface area contributed by atoms with Gasteiger partial charge in [-0.2, -0.15) is 5.10 Å². The number of carbonyl (C=O) groups is 2. The number of halogens is 2. The van der Waals surface area contributed by atoms with Gasteiger partial charge in [0.1, 0.15) is 11.6 Å². The maximum Gasteiger partial charge on any atom is 0.343 e. The zero-order valence-corrected chi connectivity index (χ0v) is 18.0. The Balaban J connectivity index is 1.53. The van der Waals surface area contributed by atoms with Gasteiger partial charge in [0.25, 0.3) is 0 Å². The lowest BCUT2D eigenvalue weighted by Gasteiger charge is -2.14. The molecule has 0 spiro atoms. The second-order valence-electron chi connectivity index (χ2n) is 6.56. The topological polar surface area (TPSA) is 71.3 Å². The van der Waals surface area contributed by atoms with Crippen LogP contribution in [0.1, 0.15) is 15.9 Å². The number of rotatable bonds is 5. The number of benzene rings is 3. The minimum atomic E-state index is -0.539. The number of thioether (sulfide) groups is 1. The van der Waals surface area contributed by atoms with Gasteiger partial charge in [0.2, 0.25) is 5.91 Å². The monoisotopic (exact) mass is 467 g/mol. The molecule has 0 N–H and O–H groups in total. The first kappa shape index (κ1) is 21.7. The van der Waals surface area contributed by atoms with Crippen LogP contribution in [0.5, 0.6) is 5.75 Å². The number of nitrogens with zero attached hydrogens (tertiary/aromatic N) is 3. The summed E-state index contributed by atoms with van der Waals surface area (Å²) in [7, 11) is 0. The van der Waals surface area contributed by atoms with E-state index in [9.17, 15) is 14.0 Å². The van der Waals surface area contributed by atoms with Crippen molar-refractivity contribution >= 4 is 52.3 Å². The van der Waals surface area contributed by atoms with Crippen LogP contribution in [0.2, 0.25) is 5.02 Å². The molecule has 6 nitrogen and oxygen atoms in total. The number of amides is 1. The van der Waals surface area contributed by atoms with Gasteiger partial charge >= 0.3 is 5.97 Å². The van der Waals surface area contributed by atoms with E-state index in [0.717, 1.165) is 0 Å². The van der Waals surface area contributed by atoms with Gasteiger partial charge in [0.05, 0.1) is 23.2 Å². The summed E-state index contributed by atoms with van der Waals surface area (Å²) >= 11 is 7.05. The van der Waals surface area contributed by atoms with Crippen LogP contribution < -0.4 is 9.64 Å². The van der Waals surface area contributed by atoms with Crippen molar-refractivity contribution in [3.8, 4) is 5.75 Å². The van der Waals surface area contributed by atoms with Crippen molar-refractivity contribution in [2.75, 3.05) is 10.7 Å². The highest BCUT2D eigenvalue weighted by molar-refractivity contribution is 8.15. The molecule has 9 heteroatoms. The number of anilines is 1. The van der Waals surface area contributed by atoms with Gasteiger partial charge in [-0.15, -0.1) is 5.10 Å². The number of hydrogen-bond acceptors (Lipinski definition) is 6. The lowest BCUT2D eigenvalue weighted by molar-refractivity contribution is -0.115. The van der Waals surface area contributed by atoms with Gasteiger partial charge in [-0.1, -0.05) is 41.6 Å². The van der Waals surface area contributed by atoms with Gasteiger partial charge in [-0.05, 0) is 54.6 Å². The zero-order valence-electron chi connectivity index (χ0n) is 16.4. The summed E-state index contributed by atoms with van der Waals surface area (Å²) in [6, 6.07) is 18.9. The second kappa shape index (κ2) is 9.76. The Morgan fingerprint density at radius 2 is 1.88 bits per heavy atom. The first-order chi connectivity index (χ1) is 15.5. The fourth-order valence-electron chi connectivity index (χ4n) is 2.87. The molecule has 160 valence electrons. The largest absolute Gasteiger partial charge is 0.422 e. The number of carbonyl (C=O) groups excluding carboxylic acids is 2. The Morgan fingerprint density at radius 3 is 2.66 bits per heavy atom. The van der Waals surface area contributed by atoms with Crippen LogP contribution in [0.25, 0.3) is 0 Å². The molecule has 0 aliphatic carbocycles. The Kier molecular flexibility index (Phi) is 6.63. The molecule has 1 aliphatic heterocycles. The van der Waals surface area contributed by atoms with E-state index in [1.54, 1.807) is 54.6 Å². The Bertz CT molecular complexity index is 1230. The molecule has 32 heavy (non-hydrogen) atoms. The lowest BCUT2D eigenvalue weighted by Crippen LogP contribution is -2.29. The van der Waals surface area contributed by atoms with Gasteiger partial charge in [-0.3, -0.25) is 9.69 Å². The maximum atomic E-state index is 13.6. The summed E-state index contributed by atoms with van der Waals surface area (Å²) < 4.78 is 19.1. The van der Waals surface area contributed by atoms with Gasteiger partial charge in [-0.25, -0.2) is 9.18 Å². The summed E-state index contributed by atoms with van der Waals surface area (Å²) in [5.74, 6) is -0.727. The van der Waals surface area contributed by atoms with Gasteiger partial charge in [0.15, 0.2) is 5.17 Å². The number of ether oxygens (including phenoxy) is 1. The third-order valence-electron chi connectivity index (χ3n) is 4.37. The van der Waals surface area contributed by atoms with E-state index in [4.69, 9.17) is 16.3 Å². The van der Waals surface area contributed by atoms with Crippen LogP contribution in [-0.2, 0) is 4.79 Å². The standard InChI is InChI=1S/C23H15ClFN3O3S/c24-17-10-8-15(9-11-17)22(30)31-20-7-2-1-4-16(20)13-26-27-23-28(21(29)14-32-23)19-6-3-5-18(25)12-19/h1-13H,14H2/b26-13-,27-23+.